The Morgan fingerprint density at radius 1 is 1.36 bits per heavy atom. The number of aliphatic hydroxyl groups excluding tert-OH is 1. The van der Waals surface area contributed by atoms with Crippen LogP contribution in [0.15, 0.2) is 17.5 Å². The predicted molar refractivity (Wildman–Crippen MR) is 44.2 cm³/mol. The first-order valence-corrected chi connectivity index (χ1v) is 3.72. The van der Waals surface area contributed by atoms with Crippen molar-refractivity contribution < 1.29 is 5.11 Å². The summed E-state index contributed by atoms with van der Waals surface area (Å²) < 4.78 is 0. The fourth-order valence-corrected chi connectivity index (χ4v) is 0.741. The average molecular weight is 155 g/mol. The molecule has 0 aliphatic carbocycles. The van der Waals surface area contributed by atoms with Gasteiger partial charge in [0, 0.05) is 11.5 Å². The number of unbranched alkanes of at least 4 members (excludes halogenated alkanes) is 3. The number of aliphatic hydroxyl groups is 1. The van der Waals surface area contributed by atoms with Crippen LogP contribution in [-0.2, 0) is 0 Å². The molecule has 0 aliphatic rings. The van der Waals surface area contributed by atoms with Gasteiger partial charge in [0.1, 0.15) is 0 Å². The second-order valence-corrected chi connectivity index (χ2v) is 2.19. The average Bonchev–Trinajstić information content (AvgIpc) is 2.03. The predicted octanol–water partition coefficient (Wildman–Crippen LogP) is 2.93. The summed E-state index contributed by atoms with van der Waals surface area (Å²) in [5, 5.41) is 11.7. The van der Waals surface area contributed by atoms with Crippen LogP contribution >= 0.6 is 0 Å². The van der Waals surface area contributed by atoms with Crippen LogP contribution in [0.3, 0.4) is 0 Å². The number of azide groups is 1. The molecular weight excluding hydrogens is 142 g/mol. The number of allylic oxidation sites excluding steroid dienone is 1. The SMILES string of the molecule is [N-]=[N+]=NCCCCCC=CO. The first-order valence-electron chi connectivity index (χ1n) is 3.72. The Balaban J connectivity index is 2.96. The van der Waals surface area contributed by atoms with E-state index in [0.717, 1.165) is 31.9 Å². The standard InChI is InChI=1S/C7H13N3O/c8-10-9-6-4-2-1-3-5-7-11/h5,7,11H,1-4,6H2. The molecule has 0 spiro atoms. The van der Waals surface area contributed by atoms with Crippen LogP contribution in [0.25, 0.3) is 10.4 Å². The molecule has 62 valence electrons. The molecule has 0 aliphatic heterocycles. The molecule has 1 N–H and O–H groups in total. The molecule has 0 aromatic heterocycles. The van der Waals surface area contributed by atoms with Crippen molar-refractivity contribution in [2.24, 2.45) is 5.11 Å². The monoisotopic (exact) mass is 155 g/mol. The Kier molecular flexibility index (Phi) is 7.92. The highest BCUT2D eigenvalue weighted by molar-refractivity contribution is 4.70. The second-order valence-electron chi connectivity index (χ2n) is 2.19. The molecule has 0 aromatic rings. The molecule has 0 rings (SSSR count). The molecule has 0 atom stereocenters. The van der Waals surface area contributed by atoms with E-state index in [4.69, 9.17) is 10.6 Å². The summed E-state index contributed by atoms with van der Waals surface area (Å²) in [5.74, 6) is 0. The van der Waals surface area contributed by atoms with Gasteiger partial charge in [-0.2, -0.15) is 0 Å². The summed E-state index contributed by atoms with van der Waals surface area (Å²) in [4.78, 5) is 2.64. The summed E-state index contributed by atoms with van der Waals surface area (Å²) in [6.07, 6.45) is 6.69. The van der Waals surface area contributed by atoms with Crippen molar-refractivity contribution in [3.63, 3.8) is 0 Å². The van der Waals surface area contributed by atoms with Gasteiger partial charge in [0.2, 0.25) is 0 Å². The van der Waals surface area contributed by atoms with Crippen LogP contribution < -0.4 is 0 Å². The zero-order chi connectivity index (χ0) is 8.36. The number of hydrogen-bond donors (Lipinski definition) is 1. The lowest BCUT2D eigenvalue weighted by molar-refractivity contribution is 0.470. The van der Waals surface area contributed by atoms with Gasteiger partial charge < -0.3 is 5.11 Å². The van der Waals surface area contributed by atoms with Gasteiger partial charge in [-0.25, -0.2) is 0 Å². The van der Waals surface area contributed by atoms with Crippen LogP contribution in [-0.4, -0.2) is 11.7 Å². The summed E-state index contributed by atoms with van der Waals surface area (Å²) in [6, 6.07) is 0. The van der Waals surface area contributed by atoms with Gasteiger partial charge in [0.05, 0.1) is 6.26 Å². The maximum absolute atomic E-state index is 8.26. The topological polar surface area (TPSA) is 69.0 Å². The quantitative estimate of drug-likeness (QED) is 0.207. The van der Waals surface area contributed by atoms with Crippen molar-refractivity contribution in [1.82, 2.24) is 0 Å². The van der Waals surface area contributed by atoms with Crippen molar-refractivity contribution in [2.75, 3.05) is 6.54 Å². The van der Waals surface area contributed by atoms with E-state index in [0.29, 0.717) is 6.54 Å². The van der Waals surface area contributed by atoms with E-state index >= 15 is 0 Å². The third kappa shape index (κ3) is 8.85. The third-order valence-electron chi connectivity index (χ3n) is 1.30. The van der Waals surface area contributed by atoms with Crippen LogP contribution in [0.5, 0.6) is 0 Å². The van der Waals surface area contributed by atoms with Gasteiger partial charge in [0.15, 0.2) is 0 Å². The number of nitrogens with zero attached hydrogens (tertiary/aromatic N) is 3. The van der Waals surface area contributed by atoms with Crippen molar-refractivity contribution in [3.05, 3.63) is 22.8 Å². The Bertz CT molecular complexity index is 150. The smallest absolute Gasteiger partial charge is 0.0751 e. The van der Waals surface area contributed by atoms with Crippen molar-refractivity contribution in [3.8, 4) is 0 Å². The molecule has 4 nitrogen and oxygen atoms in total. The minimum absolute atomic E-state index is 0.583. The fourth-order valence-electron chi connectivity index (χ4n) is 0.741. The molecule has 0 radical (unpaired) electrons. The zero-order valence-corrected chi connectivity index (χ0v) is 6.48. The van der Waals surface area contributed by atoms with Crippen LogP contribution in [0, 0.1) is 0 Å². The maximum atomic E-state index is 8.26. The van der Waals surface area contributed by atoms with Gasteiger partial charge in [-0.3, -0.25) is 0 Å². The van der Waals surface area contributed by atoms with Crippen molar-refractivity contribution in [1.29, 1.82) is 0 Å². The normalized spacial score (nSPS) is 9.82. The highest BCUT2D eigenvalue weighted by Crippen LogP contribution is 2.00. The van der Waals surface area contributed by atoms with E-state index in [1.54, 1.807) is 6.08 Å². The molecule has 4 heteroatoms. The molecule has 0 saturated carbocycles. The Labute approximate surface area is 66.2 Å². The summed E-state index contributed by atoms with van der Waals surface area (Å²) in [5.41, 5.74) is 7.92. The van der Waals surface area contributed by atoms with Crippen molar-refractivity contribution >= 4 is 0 Å². The highest BCUT2D eigenvalue weighted by Gasteiger charge is 1.84. The van der Waals surface area contributed by atoms with E-state index in [9.17, 15) is 0 Å². The van der Waals surface area contributed by atoms with E-state index in [2.05, 4.69) is 10.0 Å². The molecule has 0 bridgehead atoms. The van der Waals surface area contributed by atoms with Crippen LogP contribution in [0.1, 0.15) is 25.7 Å². The molecule has 0 saturated heterocycles. The summed E-state index contributed by atoms with van der Waals surface area (Å²) in [6.45, 7) is 0.583. The minimum Gasteiger partial charge on any atom is -0.516 e. The Morgan fingerprint density at radius 3 is 2.82 bits per heavy atom. The van der Waals surface area contributed by atoms with E-state index in [1.165, 1.54) is 0 Å². The molecule has 0 unspecified atom stereocenters. The Hall–Kier alpha value is -1.15. The minimum atomic E-state index is 0.583. The molecule has 11 heavy (non-hydrogen) atoms. The first kappa shape index (κ1) is 9.85. The zero-order valence-electron chi connectivity index (χ0n) is 6.48. The first-order chi connectivity index (χ1) is 5.41. The number of rotatable bonds is 6. The maximum Gasteiger partial charge on any atom is 0.0751 e. The fraction of sp³-hybridized carbons (Fsp3) is 0.714. The molecule has 0 amide bonds. The van der Waals surface area contributed by atoms with Crippen LogP contribution in [0.2, 0.25) is 0 Å². The summed E-state index contributed by atoms with van der Waals surface area (Å²) in [7, 11) is 0. The van der Waals surface area contributed by atoms with E-state index in [-0.39, 0.29) is 0 Å². The van der Waals surface area contributed by atoms with E-state index in [1.807, 2.05) is 0 Å². The van der Waals surface area contributed by atoms with Crippen molar-refractivity contribution in [2.45, 2.75) is 25.7 Å². The lowest BCUT2D eigenvalue weighted by Gasteiger charge is -1.92. The summed E-state index contributed by atoms with van der Waals surface area (Å²) >= 11 is 0. The van der Waals surface area contributed by atoms with Gasteiger partial charge in [-0.05, 0) is 24.8 Å². The molecule has 0 aromatic carbocycles. The van der Waals surface area contributed by atoms with Crippen LogP contribution in [0.4, 0.5) is 0 Å². The Morgan fingerprint density at radius 2 is 2.18 bits per heavy atom. The highest BCUT2D eigenvalue weighted by atomic mass is 16.2. The second kappa shape index (κ2) is 8.85. The molecule has 0 heterocycles. The number of hydrogen-bond acceptors (Lipinski definition) is 2. The lowest BCUT2D eigenvalue weighted by atomic mass is 10.2. The lowest BCUT2D eigenvalue weighted by Crippen LogP contribution is -1.79. The van der Waals surface area contributed by atoms with Gasteiger partial charge >= 0.3 is 0 Å². The largest absolute Gasteiger partial charge is 0.516 e. The third-order valence-corrected chi connectivity index (χ3v) is 1.30. The van der Waals surface area contributed by atoms with E-state index < -0.39 is 0 Å². The molecular formula is C7H13N3O. The van der Waals surface area contributed by atoms with Gasteiger partial charge in [-0.15, -0.1) is 0 Å². The molecule has 0 fully saturated rings. The van der Waals surface area contributed by atoms with Gasteiger partial charge in [0.25, 0.3) is 0 Å². The van der Waals surface area contributed by atoms with Gasteiger partial charge in [-0.1, -0.05) is 17.6 Å².